The number of halogens is 3. The van der Waals surface area contributed by atoms with Gasteiger partial charge in [0.1, 0.15) is 26.7 Å². The maximum atomic E-state index is 14.6. The maximum absolute atomic E-state index is 14.6. The van der Waals surface area contributed by atoms with Crippen LogP contribution >= 0.6 is 0 Å². The first-order valence-electron chi connectivity index (χ1n) is 14.2. The number of benzene rings is 1. The van der Waals surface area contributed by atoms with Crippen LogP contribution in [0.25, 0.3) is 56.1 Å². The second kappa shape index (κ2) is 11.0. The van der Waals surface area contributed by atoms with E-state index in [-0.39, 0.29) is 25.1 Å². The molecule has 7 rings (SSSR count). The van der Waals surface area contributed by atoms with Gasteiger partial charge in [0.25, 0.3) is 5.92 Å². The number of sulfone groups is 1. The molecule has 14 heteroatoms. The Hall–Kier alpha value is -4.69. The average Bonchev–Trinajstić information content (AvgIpc) is 3.71. The molecule has 1 aromatic carbocycles. The van der Waals surface area contributed by atoms with Crippen molar-refractivity contribution in [3.05, 3.63) is 78.0 Å². The SMILES string of the molecule is CS(=O)(=O)CCc1cc(F)cc(-c2nccc3[nH]c(-c4n[nH]c5ccc(-c6cncc(CN7CCC(F)(F)C7)c6)nc45)nc23)c1. The summed E-state index contributed by atoms with van der Waals surface area (Å²) in [5, 5.41) is 7.45. The van der Waals surface area contributed by atoms with Crippen LogP contribution in [0.3, 0.4) is 0 Å². The summed E-state index contributed by atoms with van der Waals surface area (Å²) in [5.74, 6) is -2.84. The highest BCUT2D eigenvalue weighted by Gasteiger charge is 2.38. The lowest BCUT2D eigenvalue weighted by Gasteiger charge is -2.15. The Labute approximate surface area is 255 Å². The summed E-state index contributed by atoms with van der Waals surface area (Å²) < 4.78 is 65.3. The number of pyridine rings is 3. The van der Waals surface area contributed by atoms with Gasteiger partial charge in [0, 0.05) is 55.5 Å². The van der Waals surface area contributed by atoms with E-state index in [9.17, 15) is 21.6 Å². The van der Waals surface area contributed by atoms with E-state index >= 15 is 0 Å². The lowest BCUT2D eigenvalue weighted by Crippen LogP contribution is -2.24. The van der Waals surface area contributed by atoms with Gasteiger partial charge in [-0.3, -0.25) is 20.0 Å². The number of aromatic nitrogens is 7. The lowest BCUT2D eigenvalue weighted by atomic mass is 10.0. The quantitative estimate of drug-likeness (QED) is 0.234. The van der Waals surface area contributed by atoms with Gasteiger partial charge in [-0.1, -0.05) is 0 Å². The highest BCUT2D eigenvalue weighted by atomic mass is 32.2. The lowest BCUT2D eigenvalue weighted by molar-refractivity contribution is 0.0115. The number of hydrogen-bond donors (Lipinski definition) is 2. The molecular formula is C31H27F3N8O2S. The first-order valence-corrected chi connectivity index (χ1v) is 16.3. The molecule has 0 unspecified atom stereocenters. The summed E-state index contributed by atoms with van der Waals surface area (Å²) in [7, 11) is -3.22. The molecule has 45 heavy (non-hydrogen) atoms. The Morgan fingerprint density at radius 3 is 2.58 bits per heavy atom. The van der Waals surface area contributed by atoms with Gasteiger partial charge in [-0.25, -0.2) is 31.6 Å². The molecule has 5 aromatic heterocycles. The fraction of sp³-hybridized carbons (Fsp3) is 0.258. The normalized spacial score (nSPS) is 15.4. The minimum Gasteiger partial charge on any atom is -0.336 e. The van der Waals surface area contributed by atoms with E-state index in [2.05, 4.69) is 25.1 Å². The topological polar surface area (TPSA) is 133 Å². The molecule has 6 heterocycles. The molecular weight excluding hydrogens is 605 g/mol. The predicted molar refractivity (Wildman–Crippen MR) is 164 cm³/mol. The van der Waals surface area contributed by atoms with Crippen molar-refractivity contribution in [1.29, 1.82) is 0 Å². The summed E-state index contributed by atoms with van der Waals surface area (Å²) in [6.45, 7) is 0.436. The average molecular weight is 633 g/mol. The van der Waals surface area contributed by atoms with Crippen LogP contribution in [0.15, 0.2) is 61.1 Å². The number of H-pyrrole nitrogens is 2. The Bertz CT molecular complexity index is 2180. The molecule has 0 amide bonds. The predicted octanol–water partition coefficient (Wildman–Crippen LogP) is 5.19. The van der Waals surface area contributed by atoms with Crippen molar-refractivity contribution in [1.82, 2.24) is 40.0 Å². The van der Waals surface area contributed by atoms with Crippen molar-refractivity contribution >= 4 is 31.9 Å². The second-order valence-corrected chi connectivity index (χ2v) is 13.7. The van der Waals surface area contributed by atoms with E-state index < -0.39 is 21.6 Å². The summed E-state index contributed by atoms with van der Waals surface area (Å²) >= 11 is 0. The largest absolute Gasteiger partial charge is 0.336 e. The number of alkyl halides is 2. The van der Waals surface area contributed by atoms with Gasteiger partial charge >= 0.3 is 0 Å². The smallest absolute Gasteiger partial charge is 0.261 e. The third-order valence-electron chi connectivity index (χ3n) is 7.77. The zero-order chi connectivity index (χ0) is 31.3. The molecule has 10 nitrogen and oxygen atoms in total. The summed E-state index contributed by atoms with van der Waals surface area (Å²) in [5.41, 5.74) is 6.46. The zero-order valence-corrected chi connectivity index (χ0v) is 24.9. The number of aryl methyl sites for hydroxylation is 1. The Balaban J connectivity index is 1.22. The number of fused-ring (bicyclic) bond motifs is 2. The van der Waals surface area contributed by atoms with Gasteiger partial charge in [0.2, 0.25) is 0 Å². The van der Waals surface area contributed by atoms with Crippen LogP contribution in [0.1, 0.15) is 17.5 Å². The second-order valence-electron chi connectivity index (χ2n) is 11.4. The molecule has 0 atom stereocenters. The van der Waals surface area contributed by atoms with Gasteiger partial charge < -0.3 is 4.98 Å². The molecule has 1 aliphatic rings. The van der Waals surface area contributed by atoms with Gasteiger partial charge in [-0.15, -0.1) is 0 Å². The van der Waals surface area contributed by atoms with Crippen LogP contribution in [0.5, 0.6) is 0 Å². The number of aromatic amines is 2. The Morgan fingerprint density at radius 1 is 0.956 bits per heavy atom. The minimum absolute atomic E-state index is 0.0982. The molecule has 0 radical (unpaired) electrons. The first kappa shape index (κ1) is 29.0. The summed E-state index contributed by atoms with van der Waals surface area (Å²) in [6.07, 6.45) is 6.11. The van der Waals surface area contributed by atoms with Crippen LogP contribution in [0, 0.1) is 5.82 Å². The van der Waals surface area contributed by atoms with Crippen LogP contribution in [-0.2, 0) is 22.8 Å². The molecule has 0 spiro atoms. The van der Waals surface area contributed by atoms with Crippen LogP contribution < -0.4 is 0 Å². The van der Waals surface area contributed by atoms with Crippen molar-refractivity contribution in [2.45, 2.75) is 25.3 Å². The molecule has 0 bridgehead atoms. The fourth-order valence-electron chi connectivity index (χ4n) is 5.63. The van der Waals surface area contributed by atoms with Gasteiger partial charge in [0.05, 0.1) is 34.7 Å². The molecule has 2 N–H and O–H groups in total. The van der Waals surface area contributed by atoms with E-state index in [4.69, 9.17) is 9.97 Å². The Kier molecular flexibility index (Phi) is 7.12. The number of likely N-dealkylation sites (tertiary alicyclic amines) is 1. The number of imidazole rings is 1. The fourth-order valence-corrected chi connectivity index (χ4v) is 6.24. The number of hydrogen-bond acceptors (Lipinski definition) is 8. The van der Waals surface area contributed by atoms with Gasteiger partial charge in [-0.05, 0) is 60.0 Å². The molecule has 0 saturated carbocycles. The van der Waals surface area contributed by atoms with Crippen LogP contribution in [-0.4, -0.2) is 79.5 Å². The van der Waals surface area contributed by atoms with Gasteiger partial charge in [0.15, 0.2) is 11.5 Å². The molecule has 230 valence electrons. The Morgan fingerprint density at radius 2 is 1.78 bits per heavy atom. The number of nitrogens with zero attached hydrogens (tertiary/aromatic N) is 6. The van der Waals surface area contributed by atoms with Crippen molar-refractivity contribution < 1.29 is 21.6 Å². The summed E-state index contributed by atoms with van der Waals surface area (Å²) in [6, 6.07) is 11.7. The van der Waals surface area contributed by atoms with Crippen LogP contribution in [0.4, 0.5) is 13.2 Å². The van der Waals surface area contributed by atoms with Crippen molar-refractivity contribution in [2.75, 3.05) is 25.1 Å². The highest BCUT2D eigenvalue weighted by molar-refractivity contribution is 7.90. The first-order chi connectivity index (χ1) is 21.5. The van der Waals surface area contributed by atoms with Crippen molar-refractivity contribution in [3.8, 4) is 34.0 Å². The zero-order valence-electron chi connectivity index (χ0n) is 24.1. The third kappa shape index (κ3) is 6.15. The van der Waals surface area contributed by atoms with Crippen LogP contribution in [0.2, 0.25) is 0 Å². The van der Waals surface area contributed by atoms with Gasteiger partial charge in [-0.2, -0.15) is 5.10 Å². The number of rotatable bonds is 8. The standard InChI is InChI=1S/C31H27F3N8O2S/c1-45(43,44)9-5-18-10-20(13-22(32)12-18)26-27-24(4-7-36-26)38-30(39-27)29-28-25(40-41-29)3-2-23(37-28)21-11-19(14-35-15-21)16-42-8-6-31(33,34)17-42/h2-4,7,10-15H,5-6,8-9,16-17H2,1H3,(H,38,39)(H,40,41). The molecule has 1 aliphatic heterocycles. The third-order valence-corrected chi connectivity index (χ3v) is 8.72. The van der Waals surface area contributed by atoms with E-state index in [0.717, 1.165) is 17.4 Å². The minimum atomic E-state index is -3.22. The van der Waals surface area contributed by atoms with E-state index in [1.54, 1.807) is 35.6 Å². The highest BCUT2D eigenvalue weighted by Crippen LogP contribution is 2.32. The number of nitrogens with one attached hydrogen (secondary N) is 2. The van der Waals surface area contributed by atoms with E-state index in [1.807, 2.05) is 18.2 Å². The van der Waals surface area contributed by atoms with E-state index in [0.29, 0.717) is 69.2 Å². The summed E-state index contributed by atoms with van der Waals surface area (Å²) in [4.78, 5) is 23.4. The molecule has 0 aliphatic carbocycles. The van der Waals surface area contributed by atoms with Crippen molar-refractivity contribution in [3.63, 3.8) is 0 Å². The van der Waals surface area contributed by atoms with E-state index in [1.165, 1.54) is 12.1 Å². The van der Waals surface area contributed by atoms with Crippen molar-refractivity contribution in [2.24, 2.45) is 0 Å². The molecule has 1 fully saturated rings. The molecule has 6 aromatic rings. The molecule has 1 saturated heterocycles. The maximum Gasteiger partial charge on any atom is 0.261 e. The monoisotopic (exact) mass is 632 g/mol.